The number of hydrogen-bond acceptors (Lipinski definition) is 3. The van der Waals surface area contributed by atoms with Gasteiger partial charge < -0.3 is 19.9 Å². The third kappa shape index (κ3) is 3.85. The molecule has 2 aliphatic heterocycles. The third-order valence-corrected chi connectivity index (χ3v) is 3.99. The zero-order valence-corrected chi connectivity index (χ0v) is 11.4. The van der Waals surface area contributed by atoms with E-state index in [2.05, 4.69) is 17.1 Å². The second-order valence-electron chi connectivity index (χ2n) is 5.16. The maximum absolute atomic E-state index is 11.9. The smallest absolute Gasteiger partial charge is 0.317 e. The van der Waals surface area contributed by atoms with Crippen molar-refractivity contribution in [2.45, 2.75) is 19.8 Å². The average Bonchev–Trinajstić information content (AvgIpc) is 2.46. The van der Waals surface area contributed by atoms with Gasteiger partial charge in [0.2, 0.25) is 0 Å². The fourth-order valence-corrected chi connectivity index (χ4v) is 2.62. The highest BCUT2D eigenvalue weighted by molar-refractivity contribution is 5.74. The van der Waals surface area contributed by atoms with Gasteiger partial charge in [0.25, 0.3) is 0 Å². The number of piperidine rings is 1. The van der Waals surface area contributed by atoms with Crippen molar-refractivity contribution in [2.75, 3.05) is 52.5 Å². The summed E-state index contributed by atoms with van der Waals surface area (Å²) in [5.74, 6) is 0.651. The molecule has 2 amide bonds. The summed E-state index contributed by atoms with van der Waals surface area (Å²) in [5.41, 5.74) is 0. The highest BCUT2D eigenvalue weighted by Crippen LogP contribution is 2.15. The number of likely N-dealkylation sites (tertiary alicyclic amines) is 1. The van der Waals surface area contributed by atoms with Gasteiger partial charge in [-0.25, -0.2) is 4.79 Å². The van der Waals surface area contributed by atoms with Crippen LogP contribution in [0.3, 0.4) is 0 Å². The van der Waals surface area contributed by atoms with Crippen LogP contribution in [0, 0.1) is 5.92 Å². The number of nitrogens with zero attached hydrogens (tertiary/aromatic N) is 2. The van der Waals surface area contributed by atoms with Crippen LogP contribution in [0.25, 0.3) is 0 Å². The molecule has 0 saturated carbocycles. The van der Waals surface area contributed by atoms with Crippen molar-refractivity contribution in [1.82, 2.24) is 15.1 Å². The van der Waals surface area contributed by atoms with Crippen molar-refractivity contribution in [3.8, 4) is 0 Å². The molecule has 0 atom stereocenters. The topological polar surface area (TPSA) is 44.8 Å². The quantitative estimate of drug-likeness (QED) is 0.810. The fraction of sp³-hybridized carbons (Fsp3) is 0.923. The van der Waals surface area contributed by atoms with Crippen LogP contribution in [0.1, 0.15) is 19.8 Å². The number of urea groups is 1. The van der Waals surface area contributed by atoms with E-state index in [4.69, 9.17) is 4.74 Å². The van der Waals surface area contributed by atoms with E-state index in [0.29, 0.717) is 19.1 Å². The number of nitrogens with one attached hydrogen (secondary N) is 1. The van der Waals surface area contributed by atoms with Crippen LogP contribution >= 0.6 is 0 Å². The highest BCUT2D eigenvalue weighted by atomic mass is 16.5. The summed E-state index contributed by atoms with van der Waals surface area (Å²) in [7, 11) is 0. The van der Waals surface area contributed by atoms with Crippen LogP contribution in [0.2, 0.25) is 0 Å². The Labute approximate surface area is 109 Å². The standard InChI is InChI=1S/C13H25N3O2/c1-2-15-5-3-12(4-6-15)11-14-13(17)16-7-9-18-10-8-16/h12H,2-11H2,1H3,(H,14,17). The predicted octanol–water partition coefficient (Wildman–Crippen LogP) is 0.760. The van der Waals surface area contributed by atoms with Crippen LogP contribution in [0.15, 0.2) is 0 Å². The Bertz CT molecular complexity index is 259. The lowest BCUT2D eigenvalue weighted by atomic mass is 9.97. The van der Waals surface area contributed by atoms with Gasteiger partial charge in [-0.15, -0.1) is 0 Å². The predicted molar refractivity (Wildman–Crippen MR) is 70.6 cm³/mol. The maximum atomic E-state index is 11.9. The third-order valence-electron chi connectivity index (χ3n) is 3.99. The van der Waals surface area contributed by atoms with Crippen LogP contribution in [0.4, 0.5) is 4.79 Å². The number of carbonyl (C=O) groups is 1. The van der Waals surface area contributed by atoms with Gasteiger partial charge in [-0.05, 0) is 38.4 Å². The SMILES string of the molecule is CCN1CCC(CNC(=O)N2CCOCC2)CC1. The lowest BCUT2D eigenvalue weighted by Gasteiger charge is -2.32. The zero-order chi connectivity index (χ0) is 12.8. The normalized spacial score (nSPS) is 23.1. The molecule has 0 spiro atoms. The van der Waals surface area contributed by atoms with E-state index in [1.54, 1.807) is 0 Å². The number of carbonyl (C=O) groups excluding carboxylic acids is 1. The van der Waals surface area contributed by atoms with Crippen LogP contribution in [0.5, 0.6) is 0 Å². The number of rotatable bonds is 3. The summed E-state index contributed by atoms with van der Waals surface area (Å²) in [4.78, 5) is 16.2. The summed E-state index contributed by atoms with van der Waals surface area (Å²) in [5, 5.41) is 3.07. The van der Waals surface area contributed by atoms with E-state index in [1.165, 1.54) is 25.9 Å². The molecule has 2 saturated heterocycles. The van der Waals surface area contributed by atoms with E-state index in [0.717, 1.165) is 26.2 Å². The van der Waals surface area contributed by atoms with Crippen molar-refractivity contribution in [3.63, 3.8) is 0 Å². The molecule has 0 aromatic carbocycles. The molecule has 2 rings (SSSR count). The Kier molecular flexibility index (Phi) is 5.26. The molecule has 0 bridgehead atoms. The largest absolute Gasteiger partial charge is 0.378 e. The summed E-state index contributed by atoms with van der Waals surface area (Å²) >= 11 is 0. The molecule has 18 heavy (non-hydrogen) atoms. The minimum Gasteiger partial charge on any atom is -0.378 e. The zero-order valence-electron chi connectivity index (χ0n) is 11.4. The molecule has 2 aliphatic rings. The van der Waals surface area contributed by atoms with Gasteiger partial charge >= 0.3 is 6.03 Å². The second-order valence-corrected chi connectivity index (χ2v) is 5.16. The molecule has 2 fully saturated rings. The minimum atomic E-state index is 0.0798. The van der Waals surface area contributed by atoms with Gasteiger partial charge in [-0.3, -0.25) is 0 Å². The van der Waals surface area contributed by atoms with Gasteiger partial charge in [0.15, 0.2) is 0 Å². The first-order valence-electron chi connectivity index (χ1n) is 7.12. The molecule has 2 heterocycles. The number of ether oxygens (including phenoxy) is 1. The summed E-state index contributed by atoms with van der Waals surface area (Å²) in [6, 6.07) is 0.0798. The summed E-state index contributed by atoms with van der Waals surface area (Å²) < 4.78 is 5.24. The van der Waals surface area contributed by atoms with E-state index < -0.39 is 0 Å². The second kappa shape index (κ2) is 6.95. The Hall–Kier alpha value is -0.810. The van der Waals surface area contributed by atoms with Gasteiger partial charge in [0, 0.05) is 19.6 Å². The summed E-state index contributed by atoms with van der Waals surface area (Å²) in [6.07, 6.45) is 2.41. The van der Waals surface area contributed by atoms with Gasteiger partial charge in [-0.1, -0.05) is 6.92 Å². The van der Waals surface area contributed by atoms with E-state index in [-0.39, 0.29) is 6.03 Å². The molecular weight excluding hydrogens is 230 g/mol. The van der Waals surface area contributed by atoms with Crippen LogP contribution < -0.4 is 5.32 Å². The van der Waals surface area contributed by atoms with E-state index in [1.807, 2.05) is 4.90 Å². The van der Waals surface area contributed by atoms with Crippen molar-refractivity contribution >= 4 is 6.03 Å². The van der Waals surface area contributed by atoms with Gasteiger partial charge in [0.05, 0.1) is 13.2 Å². The molecular formula is C13H25N3O2. The molecule has 5 nitrogen and oxygen atoms in total. The first-order valence-corrected chi connectivity index (χ1v) is 7.12. The number of morpholine rings is 1. The Balaban J connectivity index is 1.63. The Morgan fingerprint density at radius 3 is 2.50 bits per heavy atom. The molecule has 0 aromatic rings. The lowest BCUT2D eigenvalue weighted by molar-refractivity contribution is 0.0527. The van der Waals surface area contributed by atoms with Crippen LogP contribution in [-0.4, -0.2) is 68.3 Å². The lowest BCUT2D eigenvalue weighted by Crippen LogP contribution is -2.48. The summed E-state index contributed by atoms with van der Waals surface area (Å²) in [6.45, 7) is 9.31. The van der Waals surface area contributed by atoms with E-state index in [9.17, 15) is 4.79 Å². The molecule has 5 heteroatoms. The molecule has 0 aliphatic carbocycles. The Morgan fingerprint density at radius 1 is 1.22 bits per heavy atom. The molecule has 1 N–H and O–H groups in total. The first-order chi connectivity index (χ1) is 8.79. The first kappa shape index (κ1) is 13.6. The van der Waals surface area contributed by atoms with Gasteiger partial charge in [0.1, 0.15) is 0 Å². The molecule has 104 valence electrons. The molecule has 0 aromatic heterocycles. The molecule has 0 radical (unpaired) electrons. The number of amides is 2. The van der Waals surface area contributed by atoms with Crippen LogP contribution in [-0.2, 0) is 4.74 Å². The van der Waals surface area contributed by atoms with E-state index >= 15 is 0 Å². The monoisotopic (exact) mass is 255 g/mol. The number of hydrogen-bond donors (Lipinski definition) is 1. The van der Waals surface area contributed by atoms with Crippen molar-refractivity contribution in [3.05, 3.63) is 0 Å². The van der Waals surface area contributed by atoms with Crippen molar-refractivity contribution < 1.29 is 9.53 Å². The van der Waals surface area contributed by atoms with Gasteiger partial charge in [-0.2, -0.15) is 0 Å². The minimum absolute atomic E-state index is 0.0798. The van der Waals surface area contributed by atoms with Crippen molar-refractivity contribution in [2.24, 2.45) is 5.92 Å². The molecule has 0 unspecified atom stereocenters. The average molecular weight is 255 g/mol. The Morgan fingerprint density at radius 2 is 1.89 bits per heavy atom. The highest BCUT2D eigenvalue weighted by Gasteiger charge is 2.21. The maximum Gasteiger partial charge on any atom is 0.317 e. The fourth-order valence-electron chi connectivity index (χ4n) is 2.62. The van der Waals surface area contributed by atoms with Crippen molar-refractivity contribution in [1.29, 1.82) is 0 Å².